The number of nitrogens with one attached hydrogen (secondary N) is 2. The van der Waals surface area contributed by atoms with Crippen molar-refractivity contribution in [3.63, 3.8) is 0 Å². The van der Waals surface area contributed by atoms with Crippen molar-refractivity contribution in [2.24, 2.45) is 0 Å². The Kier molecular flexibility index (Phi) is 5.42. The molecule has 0 aliphatic carbocycles. The van der Waals surface area contributed by atoms with Gasteiger partial charge in [-0.2, -0.15) is 0 Å². The highest BCUT2D eigenvalue weighted by Gasteiger charge is 2.20. The number of benzene rings is 1. The number of hydrogen-bond donors (Lipinski definition) is 2. The molecule has 1 amide bonds. The van der Waals surface area contributed by atoms with E-state index in [4.69, 9.17) is 13.9 Å². The number of amides is 1. The van der Waals surface area contributed by atoms with Crippen molar-refractivity contribution in [3.8, 4) is 11.5 Å². The SMILES string of the molecule is O=C(NCCC1COc2ccccc2O1)c1ccc(NCc2ccco2)nc1. The number of carbonyl (C=O) groups is 1. The van der Waals surface area contributed by atoms with Crippen molar-refractivity contribution in [3.05, 3.63) is 72.3 Å². The molecule has 1 aromatic carbocycles. The van der Waals surface area contributed by atoms with E-state index in [2.05, 4.69) is 15.6 Å². The van der Waals surface area contributed by atoms with Gasteiger partial charge in [0.25, 0.3) is 5.91 Å². The Morgan fingerprint density at radius 2 is 2.00 bits per heavy atom. The number of para-hydroxylation sites is 2. The van der Waals surface area contributed by atoms with Crippen LogP contribution in [0.15, 0.2) is 65.4 Å². The molecule has 7 heteroatoms. The fourth-order valence-corrected chi connectivity index (χ4v) is 2.88. The molecule has 1 aliphatic rings. The summed E-state index contributed by atoms with van der Waals surface area (Å²) in [6, 6.07) is 14.8. The first-order chi connectivity index (χ1) is 13.8. The molecule has 1 atom stereocenters. The van der Waals surface area contributed by atoms with Crippen LogP contribution >= 0.6 is 0 Å². The summed E-state index contributed by atoms with van der Waals surface area (Å²) in [7, 11) is 0. The predicted molar refractivity (Wildman–Crippen MR) is 104 cm³/mol. The van der Waals surface area contributed by atoms with Crippen LogP contribution in [0, 0.1) is 0 Å². The second-order valence-electron chi connectivity index (χ2n) is 6.41. The standard InChI is InChI=1S/C21H21N3O4/c25-21(15-7-8-20(23-12-15)24-13-16-4-3-11-26-16)22-10-9-17-14-27-18-5-1-2-6-19(18)28-17/h1-8,11-12,17H,9-10,13-14H2,(H,22,25)(H,23,24). The lowest BCUT2D eigenvalue weighted by Gasteiger charge is -2.26. The molecule has 7 nitrogen and oxygen atoms in total. The summed E-state index contributed by atoms with van der Waals surface area (Å²) in [6.07, 6.45) is 3.76. The summed E-state index contributed by atoms with van der Waals surface area (Å²) in [6.45, 7) is 1.51. The van der Waals surface area contributed by atoms with E-state index in [0.717, 1.165) is 17.3 Å². The predicted octanol–water partition coefficient (Wildman–Crippen LogP) is 3.25. The zero-order chi connectivity index (χ0) is 19.2. The molecule has 4 rings (SSSR count). The molecule has 2 aromatic heterocycles. The molecule has 2 N–H and O–H groups in total. The van der Waals surface area contributed by atoms with E-state index >= 15 is 0 Å². The van der Waals surface area contributed by atoms with Gasteiger partial charge < -0.3 is 24.5 Å². The van der Waals surface area contributed by atoms with Crippen LogP contribution < -0.4 is 20.1 Å². The van der Waals surface area contributed by atoms with Gasteiger partial charge in [0.1, 0.15) is 24.3 Å². The molecule has 0 saturated carbocycles. The molecular weight excluding hydrogens is 358 g/mol. The van der Waals surface area contributed by atoms with Gasteiger partial charge in [0, 0.05) is 19.2 Å². The van der Waals surface area contributed by atoms with Crippen LogP contribution in [-0.2, 0) is 6.54 Å². The number of carbonyl (C=O) groups excluding carboxylic acids is 1. The Hall–Kier alpha value is -3.48. The van der Waals surface area contributed by atoms with Crippen LogP contribution in [0.1, 0.15) is 22.5 Å². The van der Waals surface area contributed by atoms with Gasteiger partial charge in [-0.05, 0) is 36.4 Å². The van der Waals surface area contributed by atoms with E-state index in [1.54, 1.807) is 24.6 Å². The molecule has 0 spiro atoms. The molecule has 1 unspecified atom stereocenters. The Morgan fingerprint density at radius 1 is 1.11 bits per heavy atom. The average molecular weight is 379 g/mol. The van der Waals surface area contributed by atoms with E-state index in [0.29, 0.717) is 37.5 Å². The summed E-state index contributed by atoms with van der Waals surface area (Å²) >= 11 is 0. The quantitative estimate of drug-likeness (QED) is 0.655. The minimum absolute atomic E-state index is 0.0819. The Balaban J connectivity index is 1.22. The smallest absolute Gasteiger partial charge is 0.252 e. The molecule has 1 aliphatic heterocycles. The number of rotatable bonds is 7. The topological polar surface area (TPSA) is 85.6 Å². The third-order valence-corrected chi connectivity index (χ3v) is 4.37. The van der Waals surface area contributed by atoms with Crippen molar-refractivity contribution in [1.29, 1.82) is 0 Å². The van der Waals surface area contributed by atoms with E-state index in [1.807, 2.05) is 36.4 Å². The number of nitrogens with zero attached hydrogens (tertiary/aromatic N) is 1. The van der Waals surface area contributed by atoms with Crippen LogP contribution in [0.2, 0.25) is 0 Å². The Bertz CT molecular complexity index is 910. The number of ether oxygens (including phenoxy) is 2. The van der Waals surface area contributed by atoms with Gasteiger partial charge in [-0.25, -0.2) is 4.98 Å². The van der Waals surface area contributed by atoms with Gasteiger partial charge in [-0.3, -0.25) is 4.79 Å². The summed E-state index contributed by atoms with van der Waals surface area (Å²) < 4.78 is 16.8. The molecule has 28 heavy (non-hydrogen) atoms. The lowest BCUT2D eigenvalue weighted by molar-refractivity contribution is 0.0812. The number of furan rings is 1. The number of pyridine rings is 1. The zero-order valence-electron chi connectivity index (χ0n) is 15.3. The van der Waals surface area contributed by atoms with Crippen LogP contribution in [0.3, 0.4) is 0 Å². The van der Waals surface area contributed by atoms with E-state index < -0.39 is 0 Å². The van der Waals surface area contributed by atoms with Crippen LogP contribution in [-0.4, -0.2) is 30.1 Å². The zero-order valence-corrected chi connectivity index (χ0v) is 15.3. The first-order valence-electron chi connectivity index (χ1n) is 9.17. The first-order valence-corrected chi connectivity index (χ1v) is 9.17. The van der Waals surface area contributed by atoms with Crippen LogP contribution in [0.4, 0.5) is 5.82 Å². The molecule has 0 saturated heterocycles. The second-order valence-corrected chi connectivity index (χ2v) is 6.41. The number of aromatic nitrogens is 1. The van der Waals surface area contributed by atoms with Crippen molar-refractivity contribution < 1.29 is 18.7 Å². The van der Waals surface area contributed by atoms with E-state index in [1.165, 1.54) is 0 Å². The van der Waals surface area contributed by atoms with Crippen LogP contribution in [0.25, 0.3) is 0 Å². The third kappa shape index (κ3) is 4.43. The van der Waals surface area contributed by atoms with Crippen molar-refractivity contribution in [2.45, 2.75) is 19.1 Å². The monoisotopic (exact) mass is 379 g/mol. The maximum Gasteiger partial charge on any atom is 0.252 e. The minimum Gasteiger partial charge on any atom is -0.486 e. The molecule has 3 heterocycles. The lowest BCUT2D eigenvalue weighted by Crippen LogP contribution is -2.34. The maximum atomic E-state index is 12.3. The van der Waals surface area contributed by atoms with Gasteiger partial charge in [0.05, 0.1) is 18.4 Å². The Morgan fingerprint density at radius 3 is 2.79 bits per heavy atom. The molecule has 3 aromatic rings. The highest BCUT2D eigenvalue weighted by Crippen LogP contribution is 2.31. The minimum atomic E-state index is -0.165. The molecule has 0 fully saturated rings. The number of anilines is 1. The number of fused-ring (bicyclic) bond motifs is 1. The third-order valence-electron chi connectivity index (χ3n) is 4.37. The van der Waals surface area contributed by atoms with Gasteiger partial charge in [0.15, 0.2) is 11.5 Å². The molecule has 144 valence electrons. The summed E-state index contributed by atoms with van der Waals surface area (Å²) in [5.74, 6) is 2.84. The van der Waals surface area contributed by atoms with Crippen molar-refractivity contribution in [2.75, 3.05) is 18.5 Å². The van der Waals surface area contributed by atoms with Gasteiger partial charge in [-0.15, -0.1) is 0 Å². The molecule has 0 radical (unpaired) electrons. The van der Waals surface area contributed by atoms with Crippen molar-refractivity contribution >= 4 is 11.7 Å². The molecular formula is C21H21N3O4. The van der Waals surface area contributed by atoms with Gasteiger partial charge in [-0.1, -0.05) is 12.1 Å². The number of hydrogen-bond acceptors (Lipinski definition) is 6. The highest BCUT2D eigenvalue weighted by atomic mass is 16.6. The summed E-state index contributed by atoms with van der Waals surface area (Å²) in [5, 5.41) is 6.03. The highest BCUT2D eigenvalue weighted by molar-refractivity contribution is 5.94. The van der Waals surface area contributed by atoms with Gasteiger partial charge >= 0.3 is 0 Å². The average Bonchev–Trinajstić information content (AvgIpc) is 3.26. The molecule has 0 bridgehead atoms. The van der Waals surface area contributed by atoms with E-state index in [9.17, 15) is 4.79 Å². The first kappa shape index (κ1) is 17.9. The van der Waals surface area contributed by atoms with Crippen LogP contribution in [0.5, 0.6) is 11.5 Å². The van der Waals surface area contributed by atoms with Gasteiger partial charge in [0.2, 0.25) is 0 Å². The van der Waals surface area contributed by atoms with E-state index in [-0.39, 0.29) is 12.0 Å². The maximum absolute atomic E-state index is 12.3. The fraction of sp³-hybridized carbons (Fsp3) is 0.238. The second kappa shape index (κ2) is 8.47. The van der Waals surface area contributed by atoms with Crippen molar-refractivity contribution in [1.82, 2.24) is 10.3 Å². The summed E-state index contributed by atoms with van der Waals surface area (Å²) in [5.41, 5.74) is 0.509. The Labute approximate surface area is 162 Å². The lowest BCUT2D eigenvalue weighted by atomic mass is 10.2. The fourth-order valence-electron chi connectivity index (χ4n) is 2.88. The summed E-state index contributed by atoms with van der Waals surface area (Å²) in [4.78, 5) is 16.5. The normalized spacial score (nSPS) is 15.1. The largest absolute Gasteiger partial charge is 0.486 e.